The van der Waals surface area contributed by atoms with Crippen LogP contribution in [0.15, 0.2) is 0 Å². The molecule has 4 heteroatoms. The van der Waals surface area contributed by atoms with Gasteiger partial charge in [-0.1, -0.05) is 11.6 Å². The van der Waals surface area contributed by atoms with E-state index in [-0.39, 0.29) is 0 Å². The fourth-order valence-electron chi connectivity index (χ4n) is 1.47. The van der Waals surface area contributed by atoms with Gasteiger partial charge in [-0.25, -0.2) is 4.68 Å². The number of anilines is 1. The van der Waals surface area contributed by atoms with Crippen LogP contribution in [0.2, 0.25) is 0 Å². The van der Waals surface area contributed by atoms with Gasteiger partial charge in [-0.2, -0.15) is 0 Å². The van der Waals surface area contributed by atoms with E-state index in [1.54, 1.807) is 0 Å². The Labute approximate surface area is 71.8 Å². The molecule has 0 aromatic carbocycles. The zero-order chi connectivity index (χ0) is 8.55. The summed E-state index contributed by atoms with van der Waals surface area (Å²) >= 11 is 0. The lowest BCUT2D eigenvalue weighted by Gasteiger charge is -2.25. The Balaban J connectivity index is 2.06. The lowest BCUT2D eigenvalue weighted by molar-refractivity contribution is 0.262. The average molecular weight is 166 g/mol. The molecule has 0 spiro atoms. The summed E-state index contributed by atoms with van der Waals surface area (Å²) in [6, 6.07) is 0. The van der Waals surface area contributed by atoms with Crippen LogP contribution in [0.4, 0.5) is 5.82 Å². The molecular weight excluding hydrogens is 152 g/mol. The van der Waals surface area contributed by atoms with E-state index in [0.29, 0.717) is 5.82 Å². The molecule has 1 aliphatic carbocycles. The van der Waals surface area contributed by atoms with Gasteiger partial charge in [-0.3, -0.25) is 0 Å². The maximum absolute atomic E-state index is 5.58. The van der Waals surface area contributed by atoms with Crippen LogP contribution in [0.25, 0.3) is 0 Å². The van der Waals surface area contributed by atoms with E-state index in [1.165, 1.54) is 19.3 Å². The van der Waals surface area contributed by atoms with E-state index in [4.69, 9.17) is 5.73 Å². The van der Waals surface area contributed by atoms with Gasteiger partial charge in [0.05, 0.1) is 5.69 Å². The smallest absolute Gasteiger partial charge is 0.168 e. The van der Waals surface area contributed by atoms with Gasteiger partial charge in [0.15, 0.2) is 5.82 Å². The van der Waals surface area contributed by atoms with E-state index in [0.717, 1.165) is 18.2 Å². The Kier molecular flexibility index (Phi) is 1.75. The second-order valence-electron chi connectivity index (χ2n) is 3.54. The van der Waals surface area contributed by atoms with Crippen molar-refractivity contribution in [1.29, 1.82) is 0 Å². The van der Waals surface area contributed by atoms with Gasteiger partial charge in [-0.15, -0.1) is 5.10 Å². The van der Waals surface area contributed by atoms with Gasteiger partial charge in [0.25, 0.3) is 0 Å². The first-order chi connectivity index (χ1) is 5.77. The van der Waals surface area contributed by atoms with E-state index in [2.05, 4.69) is 10.3 Å². The summed E-state index contributed by atoms with van der Waals surface area (Å²) in [5.41, 5.74) is 6.58. The minimum absolute atomic E-state index is 0.564. The molecule has 1 aromatic rings. The summed E-state index contributed by atoms with van der Waals surface area (Å²) in [4.78, 5) is 0. The van der Waals surface area contributed by atoms with Crippen LogP contribution in [0, 0.1) is 12.8 Å². The number of hydrogen-bond donors (Lipinski definition) is 1. The second kappa shape index (κ2) is 2.77. The average Bonchev–Trinajstić information content (AvgIpc) is 2.27. The van der Waals surface area contributed by atoms with Crippen molar-refractivity contribution >= 4 is 5.82 Å². The summed E-state index contributed by atoms with van der Waals surface area (Å²) in [6.45, 7) is 2.96. The Morgan fingerprint density at radius 3 is 2.75 bits per heavy atom. The summed E-state index contributed by atoms with van der Waals surface area (Å²) in [5, 5.41) is 7.80. The second-order valence-corrected chi connectivity index (χ2v) is 3.54. The Morgan fingerprint density at radius 2 is 2.33 bits per heavy atom. The van der Waals surface area contributed by atoms with Crippen LogP contribution in [-0.4, -0.2) is 15.0 Å². The largest absolute Gasteiger partial charge is 0.381 e. The third kappa shape index (κ3) is 1.17. The van der Waals surface area contributed by atoms with E-state index in [9.17, 15) is 0 Å². The van der Waals surface area contributed by atoms with Gasteiger partial charge in [0, 0.05) is 6.54 Å². The first-order valence-electron chi connectivity index (χ1n) is 4.43. The van der Waals surface area contributed by atoms with Crippen molar-refractivity contribution in [1.82, 2.24) is 15.0 Å². The van der Waals surface area contributed by atoms with Crippen LogP contribution < -0.4 is 5.73 Å². The Hall–Kier alpha value is -1.06. The zero-order valence-corrected chi connectivity index (χ0v) is 7.32. The predicted octanol–water partition coefficient (Wildman–Crippen LogP) is 0.969. The molecule has 4 nitrogen and oxygen atoms in total. The van der Waals surface area contributed by atoms with Crippen molar-refractivity contribution in [3.63, 3.8) is 0 Å². The monoisotopic (exact) mass is 166 g/mol. The molecule has 1 heterocycles. The molecule has 0 atom stereocenters. The summed E-state index contributed by atoms with van der Waals surface area (Å²) in [7, 11) is 0. The van der Waals surface area contributed by atoms with Crippen LogP contribution >= 0.6 is 0 Å². The summed E-state index contributed by atoms with van der Waals surface area (Å²) in [5.74, 6) is 1.37. The zero-order valence-electron chi connectivity index (χ0n) is 7.32. The molecule has 0 saturated heterocycles. The first kappa shape index (κ1) is 7.58. The maximum atomic E-state index is 5.58. The van der Waals surface area contributed by atoms with Crippen molar-refractivity contribution < 1.29 is 0 Å². The highest BCUT2D eigenvalue weighted by molar-refractivity contribution is 5.31. The predicted molar refractivity (Wildman–Crippen MR) is 46.5 cm³/mol. The van der Waals surface area contributed by atoms with E-state index < -0.39 is 0 Å². The molecule has 1 aliphatic rings. The van der Waals surface area contributed by atoms with Gasteiger partial charge >= 0.3 is 0 Å². The third-order valence-electron chi connectivity index (χ3n) is 2.67. The number of hydrogen-bond acceptors (Lipinski definition) is 3. The molecule has 0 radical (unpaired) electrons. The van der Waals surface area contributed by atoms with Crippen molar-refractivity contribution in [2.75, 3.05) is 5.73 Å². The van der Waals surface area contributed by atoms with Crippen LogP contribution in [0.5, 0.6) is 0 Å². The molecule has 1 fully saturated rings. The SMILES string of the molecule is Cc1c(N)nnn1CC1CCC1. The number of nitrogen functional groups attached to an aromatic ring is 1. The van der Waals surface area contributed by atoms with E-state index >= 15 is 0 Å². The Morgan fingerprint density at radius 1 is 1.58 bits per heavy atom. The van der Waals surface area contributed by atoms with Crippen LogP contribution in [-0.2, 0) is 6.54 Å². The molecule has 2 rings (SSSR count). The molecule has 0 bridgehead atoms. The van der Waals surface area contributed by atoms with Gasteiger partial charge < -0.3 is 5.73 Å². The number of nitrogens with two attached hydrogens (primary N) is 1. The maximum Gasteiger partial charge on any atom is 0.168 e. The number of aromatic nitrogens is 3. The minimum Gasteiger partial charge on any atom is -0.381 e. The van der Waals surface area contributed by atoms with Gasteiger partial charge in [-0.05, 0) is 25.7 Å². The van der Waals surface area contributed by atoms with Crippen molar-refractivity contribution in [2.45, 2.75) is 32.7 Å². The van der Waals surface area contributed by atoms with Crippen molar-refractivity contribution in [3.05, 3.63) is 5.69 Å². The van der Waals surface area contributed by atoms with E-state index in [1.807, 2.05) is 11.6 Å². The highest BCUT2D eigenvalue weighted by Crippen LogP contribution is 2.28. The summed E-state index contributed by atoms with van der Waals surface area (Å²) < 4.78 is 1.92. The Bertz CT molecular complexity index is 275. The highest BCUT2D eigenvalue weighted by atomic mass is 15.4. The lowest BCUT2D eigenvalue weighted by Crippen LogP contribution is -2.19. The molecular formula is C8H14N4. The molecule has 0 amide bonds. The molecule has 2 N–H and O–H groups in total. The third-order valence-corrected chi connectivity index (χ3v) is 2.67. The first-order valence-corrected chi connectivity index (χ1v) is 4.43. The fraction of sp³-hybridized carbons (Fsp3) is 0.750. The lowest BCUT2D eigenvalue weighted by atomic mass is 9.85. The highest BCUT2D eigenvalue weighted by Gasteiger charge is 2.19. The minimum atomic E-state index is 0.564. The fourth-order valence-corrected chi connectivity index (χ4v) is 1.47. The molecule has 1 saturated carbocycles. The van der Waals surface area contributed by atoms with Gasteiger partial charge in [0.2, 0.25) is 0 Å². The number of rotatable bonds is 2. The van der Waals surface area contributed by atoms with Gasteiger partial charge in [0.1, 0.15) is 0 Å². The normalized spacial score (nSPS) is 17.8. The topological polar surface area (TPSA) is 56.7 Å². The molecule has 0 aliphatic heterocycles. The molecule has 12 heavy (non-hydrogen) atoms. The number of nitrogens with zero attached hydrogens (tertiary/aromatic N) is 3. The van der Waals surface area contributed by atoms with Crippen molar-refractivity contribution in [3.8, 4) is 0 Å². The standard InChI is InChI=1S/C8H14N4/c1-6-8(9)10-11-12(6)5-7-3-2-4-7/h7H,2-5,9H2,1H3. The molecule has 66 valence electrons. The quantitative estimate of drug-likeness (QED) is 0.712. The molecule has 0 unspecified atom stereocenters. The van der Waals surface area contributed by atoms with Crippen molar-refractivity contribution in [2.24, 2.45) is 5.92 Å². The van der Waals surface area contributed by atoms with Crippen LogP contribution in [0.3, 0.4) is 0 Å². The van der Waals surface area contributed by atoms with Crippen LogP contribution in [0.1, 0.15) is 25.0 Å². The molecule has 1 aromatic heterocycles. The summed E-state index contributed by atoms with van der Waals surface area (Å²) in [6.07, 6.45) is 4.03.